The van der Waals surface area contributed by atoms with E-state index >= 15 is 0 Å². The van der Waals surface area contributed by atoms with Crippen LogP contribution < -0.4 is 5.73 Å². The summed E-state index contributed by atoms with van der Waals surface area (Å²) in [5, 5.41) is 0. The number of para-hydroxylation sites is 1. The number of aliphatic imine (C=N–C) groups is 1. The van der Waals surface area contributed by atoms with Crippen LogP contribution in [0.2, 0.25) is 0 Å². The van der Waals surface area contributed by atoms with Crippen LogP contribution in [0.3, 0.4) is 0 Å². The summed E-state index contributed by atoms with van der Waals surface area (Å²) in [5.74, 6) is 0.469. The van der Waals surface area contributed by atoms with E-state index in [4.69, 9.17) is 10.7 Å². The molecule has 2 nitrogen and oxygen atoms in total. The van der Waals surface area contributed by atoms with Gasteiger partial charge in [-0.15, -0.1) is 29.3 Å². The first-order chi connectivity index (χ1) is 22.3. The first-order valence-electron chi connectivity index (χ1n) is 14.5. The van der Waals surface area contributed by atoms with Crippen molar-refractivity contribution in [3.8, 4) is 0 Å². The van der Waals surface area contributed by atoms with E-state index in [1.807, 2.05) is 72.8 Å². The van der Waals surface area contributed by atoms with Gasteiger partial charge in [0.2, 0.25) is 0 Å². The Labute approximate surface area is 280 Å². The van der Waals surface area contributed by atoms with Crippen molar-refractivity contribution in [2.45, 2.75) is 0 Å². The topological polar surface area (TPSA) is 38.4 Å². The molecule has 2 N–H and O–H groups in total. The van der Waals surface area contributed by atoms with Crippen LogP contribution in [0, 0.1) is 6.08 Å². The molecule has 0 aliphatic rings. The van der Waals surface area contributed by atoms with E-state index in [9.17, 15) is 0 Å². The third-order valence-electron chi connectivity index (χ3n) is 7.21. The van der Waals surface area contributed by atoms with Crippen molar-refractivity contribution in [1.82, 2.24) is 0 Å². The molecular weight excluding hydrogens is 662 g/mol. The van der Waals surface area contributed by atoms with E-state index in [1.165, 1.54) is 0 Å². The first kappa shape index (κ1) is 31.6. The predicted octanol–water partition coefficient (Wildman–Crippen LogP) is 10.3. The van der Waals surface area contributed by atoms with E-state index in [0.717, 1.165) is 55.8 Å². The molecule has 4 heteroatoms. The van der Waals surface area contributed by atoms with Gasteiger partial charge >= 0.3 is 27.7 Å². The Bertz CT molecular complexity index is 1890. The van der Waals surface area contributed by atoms with Gasteiger partial charge in [0.25, 0.3) is 0 Å². The fourth-order valence-electron chi connectivity index (χ4n) is 5.19. The molecule has 0 bridgehead atoms. The molecule has 0 aliphatic carbocycles. The number of hydrogen-bond donors (Lipinski definition) is 1. The summed E-state index contributed by atoms with van der Waals surface area (Å²) in [6.07, 6.45) is 3.80. The number of allylic oxidation sites excluding steroid dienone is 2. The SMILES string of the molecule is NC(=Nc1ccccc1/C(=C(/C(=[C-]c1ccccc1)c1ccccc1)c1ccccc1)c1ccccc1)c1ccccc1.[Cl][Pd+]. The second kappa shape index (κ2) is 16.3. The Morgan fingerprint density at radius 2 is 0.911 bits per heavy atom. The van der Waals surface area contributed by atoms with Crippen LogP contribution >= 0.6 is 9.53 Å². The monoisotopic (exact) mass is 692 g/mol. The molecule has 0 fully saturated rings. The quantitative estimate of drug-likeness (QED) is 0.0423. The third kappa shape index (κ3) is 8.04. The molecule has 0 heterocycles. The summed E-state index contributed by atoms with van der Waals surface area (Å²) in [6.45, 7) is 0. The van der Waals surface area contributed by atoms with E-state index in [0.29, 0.717) is 5.84 Å². The predicted molar refractivity (Wildman–Crippen MR) is 187 cm³/mol. The van der Waals surface area contributed by atoms with Crippen LogP contribution in [-0.2, 0) is 18.2 Å². The maximum absolute atomic E-state index is 6.59. The minimum absolute atomic E-state index is 0.469. The fraction of sp³-hybridized carbons (Fsp3) is 0. The summed E-state index contributed by atoms with van der Waals surface area (Å²) < 4.78 is 0. The number of nitrogens with two attached hydrogens (primary N) is 1. The normalized spacial score (nSPS) is 12.1. The van der Waals surface area contributed by atoms with Gasteiger partial charge in [0.1, 0.15) is 5.84 Å². The number of rotatable bonds is 8. The molecule has 6 rings (SSSR count). The fourth-order valence-corrected chi connectivity index (χ4v) is 5.19. The van der Waals surface area contributed by atoms with E-state index < -0.39 is 0 Å². The van der Waals surface area contributed by atoms with Crippen LogP contribution in [0.15, 0.2) is 181 Å². The van der Waals surface area contributed by atoms with Gasteiger partial charge in [-0.05, 0) is 17.2 Å². The minimum atomic E-state index is 0.469. The molecule has 0 saturated carbocycles. The summed E-state index contributed by atoms with van der Waals surface area (Å²) in [6, 6.07) is 60.0. The molecular formula is C41H31ClN2Pd. The van der Waals surface area contributed by atoms with Gasteiger partial charge in [-0.2, -0.15) is 0 Å². The zero-order valence-electron chi connectivity index (χ0n) is 24.5. The van der Waals surface area contributed by atoms with Crippen molar-refractivity contribution in [2.75, 3.05) is 0 Å². The number of nitrogens with zero attached hydrogens (tertiary/aromatic N) is 1. The number of halogens is 1. The van der Waals surface area contributed by atoms with E-state index in [1.54, 1.807) is 0 Å². The van der Waals surface area contributed by atoms with Crippen molar-refractivity contribution >= 4 is 37.8 Å². The Kier molecular flexibility index (Phi) is 11.5. The zero-order chi connectivity index (χ0) is 31.3. The number of benzene rings is 6. The van der Waals surface area contributed by atoms with Gasteiger partial charge in [0.15, 0.2) is 0 Å². The molecule has 0 unspecified atom stereocenters. The summed E-state index contributed by atoms with van der Waals surface area (Å²) >= 11 is 2.22. The zero-order valence-corrected chi connectivity index (χ0v) is 26.8. The second-order valence-corrected chi connectivity index (χ2v) is 10.1. The van der Waals surface area contributed by atoms with Crippen LogP contribution in [0.1, 0.15) is 33.4 Å². The molecule has 45 heavy (non-hydrogen) atoms. The number of hydrogen-bond acceptors (Lipinski definition) is 1. The molecule has 0 aromatic heterocycles. The summed E-state index contributed by atoms with van der Waals surface area (Å²) in [4.78, 5) is 5.00. The van der Waals surface area contributed by atoms with Crippen LogP contribution in [0.5, 0.6) is 0 Å². The molecule has 0 atom stereocenters. The molecule has 0 amide bonds. The van der Waals surface area contributed by atoms with Crippen LogP contribution in [0.4, 0.5) is 5.69 Å². The first-order valence-corrected chi connectivity index (χ1v) is 16.5. The van der Waals surface area contributed by atoms with E-state index in [2.05, 4.69) is 137 Å². The van der Waals surface area contributed by atoms with Crippen molar-refractivity contribution in [2.24, 2.45) is 10.7 Å². The van der Waals surface area contributed by atoms with Gasteiger partial charge < -0.3 is 5.73 Å². The van der Waals surface area contributed by atoms with Gasteiger partial charge in [0.05, 0.1) is 5.69 Å². The Morgan fingerprint density at radius 3 is 1.47 bits per heavy atom. The van der Waals surface area contributed by atoms with Crippen molar-refractivity contribution in [3.63, 3.8) is 0 Å². The molecule has 0 radical (unpaired) electrons. The summed E-state index contributed by atoms with van der Waals surface area (Å²) in [5.41, 5.74) is 16.6. The number of amidine groups is 1. The average molecular weight is 694 g/mol. The average Bonchev–Trinajstić information content (AvgIpc) is 3.13. The Balaban J connectivity index is 0.00000196. The summed E-state index contributed by atoms with van der Waals surface area (Å²) in [7, 11) is 4.49. The third-order valence-corrected chi connectivity index (χ3v) is 7.21. The van der Waals surface area contributed by atoms with Gasteiger partial charge in [-0.1, -0.05) is 174 Å². The Hall–Kier alpha value is -4.78. The van der Waals surface area contributed by atoms with E-state index in [-0.39, 0.29) is 0 Å². The van der Waals surface area contributed by atoms with Gasteiger partial charge in [-0.25, -0.2) is 4.99 Å². The second-order valence-electron chi connectivity index (χ2n) is 10.1. The van der Waals surface area contributed by atoms with Crippen LogP contribution in [0.25, 0.3) is 16.7 Å². The van der Waals surface area contributed by atoms with Crippen molar-refractivity contribution in [1.29, 1.82) is 0 Å². The van der Waals surface area contributed by atoms with Gasteiger partial charge in [-0.3, -0.25) is 0 Å². The van der Waals surface area contributed by atoms with Crippen molar-refractivity contribution < 1.29 is 18.2 Å². The van der Waals surface area contributed by atoms with Crippen molar-refractivity contribution in [3.05, 3.63) is 215 Å². The molecule has 0 spiro atoms. The molecule has 222 valence electrons. The molecule has 6 aromatic carbocycles. The van der Waals surface area contributed by atoms with Gasteiger partial charge in [0, 0.05) is 11.1 Å². The Morgan fingerprint density at radius 1 is 0.489 bits per heavy atom. The molecule has 0 aliphatic heterocycles. The molecule has 0 saturated heterocycles. The molecule has 6 aromatic rings. The maximum atomic E-state index is 6.59. The standard InChI is InChI=1S/C41H31N2.ClH.Pd/c42-41(35-26-14-5-15-27-35)43-38-29-17-16-28-36(38)39(33-22-10-3-11-23-33)40(34-24-12-4-13-25-34)37(32-20-8-2-9-21-32)30-31-18-6-1-7-19-31;;/h1-29H,(H2,42,43);1H;/q-1;;+2/p-1/b40-39+;;. The van der Waals surface area contributed by atoms with Crippen LogP contribution in [-0.4, -0.2) is 5.84 Å².